The molecule has 0 fully saturated rings. The van der Waals surface area contributed by atoms with Gasteiger partial charge in [0.15, 0.2) is 0 Å². The van der Waals surface area contributed by atoms with Crippen LogP contribution in [0.25, 0.3) is 0 Å². The number of carbonyl (C=O) groups is 2. The van der Waals surface area contributed by atoms with Crippen LogP contribution in [0, 0.1) is 11.8 Å². The zero-order chi connectivity index (χ0) is 15.6. The maximum Gasteiger partial charge on any atom is 0.326 e. The second kappa shape index (κ2) is 6.28. The van der Waals surface area contributed by atoms with Gasteiger partial charge in [0.25, 0.3) is 0 Å². The van der Waals surface area contributed by atoms with Crippen molar-refractivity contribution in [2.45, 2.75) is 45.6 Å². The van der Waals surface area contributed by atoms with Crippen molar-refractivity contribution in [2.75, 3.05) is 0 Å². The number of amides is 1. The fraction of sp³-hybridized carbons (Fsp3) is 0.667. The lowest BCUT2D eigenvalue weighted by Crippen LogP contribution is -2.45. The van der Waals surface area contributed by atoms with Gasteiger partial charge in [-0.15, -0.1) is 0 Å². The van der Waals surface area contributed by atoms with Gasteiger partial charge in [0.2, 0.25) is 5.91 Å². The van der Waals surface area contributed by atoms with Gasteiger partial charge in [0.1, 0.15) is 6.04 Å². The van der Waals surface area contributed by atoms with Crippen molar-refractivity contribution in [3.05, 3.63) is 17.5 Å². The SMILES string of the molecule is CC(C)CC(NC(=O)C1CCc2cnn(C)c2C1)C(=O)O. The normalized spacial score (nSPS) is 19.1. The molecule has 1 aromatic rings. The standard InChI is InChI=1S/C15H23N3O3/c1-9(2)6-12(15(20)21)17-14(19)10-4-5-11-8-16-18(3)13(11)7-10/h8-10,12H,4-7H2,1-3H3,(H,17,19)(H,20,21). The minimum Gasteiger partial charge on any atom is -0.480 e. The molecule has 2 unspecified atom stereocenters. The number of carboxylic acids is 1. The van der Waals surface area contributed by atoms with E-state index < -0.39 is 12.0 Å². The average Bonchev–Trinajstić information content (AvgIpc) is 2.78. The second-order valence-corrected chi connectivity index (χ2v) is 6.21. The zero-order valence-corrected chi connectivity index (χ0v) is 12.8. The van der Waals surface area contributed by atoms with E-state index in [1.165, 1.54) is 5.56 Å². The average molecular weight is 293 g/mol. The number of hydrogen-bond acceptors (Lipinski definition) is 3. The molecule has 0 aromatic carbocycles. The fourth-order valence-electron chi connectivity index (χ4n) is 2.85. The molecule has 0 radical (unpaired) electrons. The number of hydrogen-bond donors (Lipinski definition) is 2. The first-order valence-corrected chi connectivity index (χ1v) is 7.41. The molecule has 0 bridgehead atoms. The van der Waals surface area contributed by atoms with Crippen molar-refractivity contribution in [3.8, 4) is 0 Å². The van der Waals surface area contributed by atoms with Crippen molar-refractivity contribution in [3.63, 3.8) is 0 Å². The number of carboxylic acid groups (broad SMARTS) is 1. The van der Waals surface area contributed by atoms with E-state index in [2.05, 4.69) is 10.4 Å². The summed E-state index contributed by atoms with van der Waals surface area (Å²) in [6.07, 6.45) is 4.50. The predicted octanol–water partition coefficient (Wildman–Crippen LogP) is 1.14. The maximum atomic E-state index is 12.3. The minimum atomic E-state index is -0.964. The Morgan fingerprint density at radius 2 is 2.24 bits per heavy atom. The van der Waals surface area contributed by atoms with Gasteiger partial charge < -0.3 is 10.4 Å². The Morgan fingerprint density at radius 3 is 2.86 bits per heavy atom. The summed E-state index contributed by atoms with van der Waals surface area (Å²) < 4.78 is 1.80. The molecule has 0 saturated heterocycles. The Labute approximate surface area is 124 Å². The molecule has 116 valence electrons. The lowest BCUT2D eigenvalue weighted by Gasteiger charge is -2.24. The second-order valence-electron chi connectivity index (χ2n) is 6.21. The number of carbonyl (C=O) groups excluding carboxylic acids is 1. The van der Waals surface area contributed by atoms with E-state index in [1.807, 2.05) is 27.1 Å². The number of aliphatic carboxylic acids is 1. The zero-order valence-electron chi connectivity index (χ0n) is 12.8. The highest BCUT2D eigenvalue weighted by atomic mass is 16.4. The summed E-state index contributed by atoms with van der Waals surface area (Å²) in [6.45, 7) is 3.90. The third-order valence-corrected chi connectivity index (χ3v) is 4.04. The van der Waals surface area contributed by atoms with Gasteiger partial charge in [-0.1, -0.05) is 13.8 Å². The van der Waals surface area contributed by atoms with Crippen LogP contribution in [0.2, 0.25) is 0 Å². The quantitative estimate of drug-likeness (QED) is 0.852. The molecule has 6 heteroatoms. The molecule has 0 saturated carbocycles. The molecular formula is C15H23N3O3. The summed E-state index contributed by atoms with van der Waals surface area (Å²) >= 11 is 0. The van der Waals surface area contributed by atoms with E-state index in [4.69, 9.17) is 0 Å². The van der Waals surface area contributed by atoms with E-state index in [0.717, 1.165) is 18.5 Å². The highest BCUT2D eigenvalue weighted by Crippen LogP contribution is 2.25. The number of nitrogens with zero attached hydrogens (tertiary/aromatic N) is 2. The Kier molecular flexibility index (Phi) is 4.65. The van der Waals surface area contributed by atoms with Crippen LogP contribution in [0.3, 0.4) is 0 Å². The predicted molar refractivity (Wildman–Crippen MR) is 77.7 cm³/mol. The summed E-state index contributed by atoms with van der Waals surface area (Å²) in [4.78, 5) is 23.6. The van der Waals surface area contributed by atoms with E-state index >= 15 is 0 Å². The number of rotatable bonds is 5. The third-order valence-electron chi connectivity index (χ3n) is 4.04. The van der Waals surface area contributed by atoms with E-state index in [-0.39, 0.29) is 17.7 Å². The fourth-order valence-corrected chi connectivity index (χ4v) is 2.85. The molecule has 1 amide bonds. The molecule has 0 aliphatic heterocycles. The van der Waals surface area contributed by atoms with Gasteiger partial charge in [-0.2, -0.15) is 5.10 Å². The molecular weight excluding hydrogens is 270 g/mol. The third kappa shape index (κ3) is 3.62. The highest BCUT2D eigenvalue weighted by Gasteiger charge is 2.30. The Morgan fingerprint density at radius 1 is 1.52 bits per heavy atom. The summed E-state index contributed by atoms with van der Waals surface area (Å²) in [5, 5.41) is 16.1. The first kappa shape index (κ1) is 15.5. The van der Waals surface area contributed by atoms with E-state index in [0.29, 0.717) is 12.8 Å². The molecule has 6 nitrogen and oxygen atoms in total. The molecule has 0 spiro atoms. The van der Waals surface area contributed by atoms with Gasteiger partial charge in [-0.25, -0.2) is 4.79 Å². The first-order chi connectivity index (χ1) is 9.88. The number of aromatic nitrogens is 2. The largest absolute Gasteiger partial charge is 0.480 e. The highest BCUT2D eigenvalue weighted by molar-refractivity contribution is 5.85. The van der Waals surface area contributed by atoms with Gasteiger partial charge in [-0.05, 0) is 30.7 Å². The van der Waals surface area contributed by atoms with E-state index in [1.54, 1.807) is 4.68 Å². The molecule has 21 heavy (non-hydrogen) atoms. The van der Waals surface area contributed by atoms with Crippen LogP contribution in [0.15, 0.2) is 6.20 Å². The molecule has 2 N–H and O–H groups in total. The molecule has 1 aliphatic carbocycles. The lowest BCUT2D eigenvalue weighted by atomic mass is 9.87. The minimum absolute atomic E-state index is 0.157. The van der Waals surface area contributed by atoms with Crippen LogP contribution in [-0.4, -0.2) is 32.8 Å². The van der Waals surface area contributed by atoms with Crippen LogP contribution in [0.1, 0.15) is 37.9 Å². The van der Waals surface area contributed by atoms with Gasteiger partial charge in [0.05, 0.1) is 6.20 Å². The lowest BCUT2D eigenvalue weighted by molar-refractivity contribution is -0.143. The summed E-state index contributed by atoms with van der Waals surface area (Å²) in [7, 11) is 1.87. The molecule has 1 aliphatic rings. The van der Waals surface area contributed by atoms with Crippen molar-refractivity contribution < 1.29 is 14.7 Å². The van der Waals surface area contributed by atoms with Gasteiger partial charge in [0, 0.05) is 25.1 Å². The van der Waals surface area contributed by atoms with Crippen molar-refractivity contribution >= 4 is 11.9 Å². The first-order valence-electron chi connectivity index (χ1n) is 7.41. The summed E-state index contributed by atoms with van der Waals surface area (Å²) in [6, 6.07) is -0.801. The van der Waals surface area contributed by atoms with E-state index in [9.17, 15) is 14.7 Å². The van der Waals surface area contributed by atoms with Crippen molar-refractivity contribution in [1.29, 1.82) is 0 Å². The Balaban J connectivity index is 2.01. The number of fused-ring (bicyclic) bond motifs is 1. The van der Waals surface area contributed by atoms with Crippen molar-refractivity contribution in [1.82, 2.24) is 15.1 Å². The maximum absolute atomic E-state index is 12.3. The summed E-state index contributed by atoms with van der Waals surface area (Å²) in [5.41, 5.74) is 2.27. The van der Waals surface area contributed by atoms with Crippen LogP contribution in [-0.2, 0) is 29.5 Å². The van der Waals surface area contributed by atoms with Crippen LogP contribution in [0.4, 0.5) is 0 Å². The van der Waals surface area contributed by atoms with Crippen LogP contribution in [0.5, 0.6) is 0 Å². The molecule has 1 heterocycles. The topological polar surface area (TPSA) is 84.2 Å². The van der Waals surface area contributed by atoms with Gasteiger partial charge in [-0.3, -0.25) is 9.48 Å². The van der Waals surface area contributed by atoms with Crippen LogP contribution < -0.4 is 5.32 Å². The van der Waals surface area contributed by atoms with Crippen LogP contribution >= 0.6 is 0 Å². The monoisotopic (exact) mass is 293 g/mol. The molecule has 2 atom stereocenters. The Bertz CT molecular complexity index is 536. The van der Waals surface area contributed by atoms with Crippen molar-refractivity contribution in [2.24, 2.45) is 18.9 Å². The number of aryl methyl sites for hydroxylation is 2. The molecule has 2 rings (SSSR count). The Hall–Kier alpha value is -1.85. The molecule has 1 aromatic heterocycles. The number of nitrogens with one attached hydrogen (secondary N) is 1. The smallest absolute Gasteiger partial charge is 0.326 e. The summed E-state index contributed by atoms with van der Waals surface area (Å²) in [5.74, 6) is -1.06. The van der Waals surface area contributed by atoms with Gasteiger partial charge >= 0.3 is 5.97 Å².